The zero-order valence-corrected chi connectivity index (χ0v) is 10.7. The van der Waals surface area contributed by atoms with Gasteiger partial charge in [0.1, 0.15) is 6.04 Å². The van der Waals surface area contributed by atoms with Crippen LogP contribution < -0.4 is 5.73 Å². The topological polar surface area (TPSA) is 52.3 Å². The molecule has 1 saturated carbocycles. The molecule has 1 aliphatic carbocycles. The first-order valence-corrected chi connectivity index (χ1v) is 6.72. The van der Waals surface area contributed by atoms with Gasteiger partial charge >= 0.3 is 5.97 Å². The van der Waals surface area contributed by atoms with Gasteiger partial charge in [-0.05, 0) is 24.3 Å². The molecule has 1 aromatic carbocycles. The van der Waals surface area contributed by atoms with Crippen molar-refractivity contribution in [1.82, 2.24) is 0 Å². The predicted molar refractivity (Wildman–Crippen MR) is 71.0 cm³/mol. The van der Waals surface area contributed by atoms with Crippen LogP contribution in [-0.2, 0) is 16.0 Å². The maximum Gasteiger partial charge on any atom is 0.323 e. The first-order chi connectivity index (χ1) is 8.75. The number of carbonyl (C=O) groups excluding carboxylic acids is 1. The molecule has 0 spiro atoms. The Kier molecular flexibility index (Phi) is 4.76. The maximum atomic E-state index is 11.7. The van der Waals surface area contributed by atoms with Crippen LogP contribution in [0.25, 0.3) is 0 Å². The Morgan fingerprint density at radius 3 is 2.67 bits per heavy atom. The Morgan fingerprint density at radius 2 is 2.06 bits per heavy atom. The quantitative estimate of drug-likeness (QED) is 0.785. The summed E-state index contributed by atoms with van der Waals surface area (Å²) in [5, 5.41) is 0. The van der Waals surface area contributed by atoms with Gasteiger partial charge in [0.25, 0.3) is 0 Å². The number of nitrogens with two attached hydrogens (primary N) is 1. The molecule has 0 radical (unpaired) electrons. The standard InChI is InChI=1S/C15H21NO2/c16-14(11-13-5-2-1-3-6-13)15(17)18-10-9-12-7-4-8-12/h1-3,5-6,12,14H,4,7-11,16H2/t14-/m0/s1. The molecule has 1 atom stereocenters. The third-order valence-corrected chi connectivity index (χ3v) is 3.60. The van der Waals surface area contributed by atoms with Crippen LogP contribution in [0.15, 0.2) is 30.3 Å². The Hall–Kier alpha value is -1.35. The largest absolute Gasteiger partial charge is 0.465 e. The van der Waals surface area contributed by atoms with Crippen molar-refractivity contribution in [3.8, 4) is 0 Å². The molecule has 3 heteroatoms. The Labute approximate surface area is 108 Å². The van der Waals surface area contributed by atoms with Gasteiger partial charge in [-0.3, -0.25) is 4.79 Å². The molecule has 2 N–H and O–H groups in total. The van der Waals surface area contributed by atoms with Gasteiger partial charge in [-0.25, -0.2) is 0 Å². The summed E-state index contributed by atoms with van der Waals surface area (Å²) in [6.07, 6.45) is 5.43. The van der Waals surface area contributed by atoms with Gasteiger partial charge in [0.05, 0.1) is 6.61 Å². The molecule has 0 aromatic heterocycles. The van der Waals surface area contributed by atoms with Crippen LogP contribution in [0.4, 0.5) is 0 Å². The molecule has 2 rings (SSSR count). The summed E-state index contributed by atoms with van der Waals surface area (Å²) in [6.45, 7) is 0.520. The molecule has 98 valence electrons. The van der Waals surface area contributed by atoms with Crippen molar-refractivity contribution in [1.29, 1.82) is 0 Å². The third kappa shape index (κ3) is 3.84. The highest BCUT2D eigenvalue weighted by Crippen LogP contribution is 2.29. The van der Waals surface area contributed by atoms with E-state index in [4.69, 9.17) is 10.5 Å². The minimum absolute atomic E-state index is 0.279. The second-order valence-electron chi connectivity index (χ2n) is 5.05. The number of rotatable bonds is 6. The van der Waals surface area contributed by atoms with Crippen molar-refractivity contribution < 1.29 is 9.53 Å². The summed E-state index contributed by atoms with van der Waals surface area (Å²) in [4.78, 5) is 11.7. The first-order valence-electron chi connectivity index (χ1n) is 6.72. The number of carbonyl (C=O) groups is 1. The van der Waals surface area contributed by atoms with Crippen LogP contribution in [0.1, 0.15) is 31.2 Å². The smallest absolute Gasteiger partial charge is 0.323 e. The molecule has 0 heterocycles. The van der Waals surface area contributed by atoms with Gasteiger partial charge in [0.2, 0.25) is 0 Å². The maximum absolute atomic E-state index is 11.7. The van der Waals surface area contributed by atoms with Crippen LogP contribution in [0.2, 0.25) is 0 Å². The molecule has 0 unspecified atom stereocenters. The normalized spacial score (nSPS) is 16.9. The minimum Gasteiger partial charge on any atom is -0.465 e. The fourth-order valence-corrected chi connectivity index (χ4v) is 2.17. The van der Waals surface area contributed by atoms with Gasteiger partial charge < -0.3 is 10.5 Å². The van der Waals surface area contributed by atoms with Crippen LogP contribution in [0, 0.1) is 5.92 Å². The average Bonchev–Trinajstić information content (AvgIpc) is 2.33. The molecule has 18 heavy (non-hydrogen) atoms. The van der Waals surface area contributed by atoms with Gasteiger partial charge in [-0.1, -0.05) is 49.6 Å². The first kappa shape index (κ1) is 13.1. The highest BCUT2D eigenvalue weighted by Gasteiger charge is 2.19. The van der Waals surface area contributed by atoms with Crippen molar-refractivity contribution in [3.63, 3.8) is 0 Å². The Morgan fingerprint density at radius 1 is 1.33 bits per heavy atom. The van der Waals surface area contributed by atoms with E-state index >= 15 is 0 Å². The molecule has 0 bridgehead atoms. The molecule has 0 saturated heterocycles. The lowest BCUT2D eigenvalue weighted by molar-refractivity contribution is -0.145. The van der Waals surface area contributed by atoms with E-state index < -0.39 is 6.04 Å². The lowest BCUT2D eigenvalue weighted by Gasteiger charge is -2.25. The number of hydrogen-bond acceptors (Lipinski definition) is 3. The summed E-state index contributed by atoms with van der Waals surface area (Å²) >= 11 is 0. The zero-order chi connectivity index (χ0) is 12.8. The number of ether oxygens (including phenoxy) is 1. The highest BCUT2D eigenvalue weighted by atomic mass is 16.5. The molecule has 0 aliphatic heterocycles. The van der Waals surface area contributed by atoms with Crippen molar-refractivity contribution in [3.05, 3.63) is 35.9 Å². The van der Waals surface area contributed by atoms with E-state index in [1.807, 2.05) is 30.3 Å². The van der Waals surface area contributed by atoms with Crippen LogP contribution in [0.5, 0.6) is 0 Å². The van der Waals surface area contributed by atoms with E-state index in [1.54, 1.807) is 0 Å². The SMILES string of the molecule is N[C@@H](Cc1ccccc1)C(=O)OCCC1CCC1. The summed E-state index contributed by atoms with van der Waals surface area (Å²) < 4.78 is 5.22. The fourth-order valence-electron chi connectivity index (χ4n) is 2.17. The Balaban J connectivity index is 1.67. The molecular formula is C15H21NO2. The molecule has 1 fully saturated rings. The molecular weight excluding hydrogens is 226 g/mol. The number of esters is 1. The van der Waals surface area contributed by atoms with E-state index in [-0.39, 0.29) is 5.97 Å². The van der Waals surface area contributed by atoms with Crippen LogP contribution >= 0.6 is 0 Å². The third-order valence-electron chi connectivity index (χ3n) is 3.60. The second-order valence-corrected chi connectivity index (χ2v) is 5.05. The molecule has 1 aromatic rings. The van der Waals surface area contributed by atoms with Gasteiger partial charge in [0.15, 0.2) is 0 Å². The average molecular weight is 247 g/mol. The van der Waals surface area contributed by atoms with E-state index in [2.05, 4.69) is 0 Å². The summed E-state index contributed by atoms with van der Waals surface area (Å²) in [5.74, 6) is 0.487. The second kappa shape index (κ2) is 6.55. The summed E-state index contributed by atoms with van der Waals surface area (Å²) in [6, 6.07) is 9.25. The monoisotopic (exact) mass is 247 g/mol. The fraction of sp³-hybridized carbons (Fsp3) is 0.533. The van der Waals surface area contributed by atoms with Crippen LogP contribution in [-0.4, -0.2) is 18.6 Å². The van der Waals surface area contributed by atoms with E-state index in [0.29, 0.717) is 13.0 Å². The molecule has 0 amide bonds. The summed E-state index contributed by atoms with van der Waals surface area (Å²) in [7, 11) is 0. The van der Waals surface area contributed by atoms with E-state index in [1.165, 1.54) is 19.3 Å². The lowest BCUT2D eigenvalue weighted by Crippen LogP contribution is -2.34. The lowest BCUT2D eigenvalue weighted by atomic mass is 9.83. The van der Waals surface area contributed by atoms with Crippen molar-refractivity contribution >= 4 is 5.97 Å². The molecule has 1 aliphatic rings. The van der Waals surface area contributed by atoms with Crippen molar-refractivity contribution in [2.75, 3.05) is 6.61 Å². The van der Waals surface area contributed by atoms with Crippen LogP contribution in [0.3, 0.4) is 0 Å². The number of benzene rings is 1. The summed E-state index contributed by atoms with van der Waals surface area (Å²) in [5.41, 5.74) is 6.91. The zero-order valence-electron chi connectivity index (χ0n) is 10.7. The van der Waals surface area contributed by atoms with Gasteiger partial charge in [-0.15, -0.1) is 0 Å². The highest BCUT2D eigenvalue weighted by molar-refractivity contribution is 5.75. The molecule has 3 nitrogen and oxygen atoms in total. The van der Waals surface area contributed by atoms with Gasteiger partial charge in [0, 0.05) is 0 Å². The minimum atomic E-state index is -0.547. The van der Waals surface area contributed by atoms with E-state index in [9.17, 15) is 4.79 Å². The van der Waals surface area contributed by atoms with E-state index in [0.717, 1.165) is 17.9 Å². The Bertz CT molecular complexity index is 373. The van der Waals surface area contributed by atoms with Gasteiger partial charge in [-0.2, -0.15) is 0 Å². The van der Waals surface area contributed by atoms with Crippen molar-refractivity contribution in [2.24, 2.45) is 11.7 Å². The number of hydrogen-bond donors (Lipinski definition) is 1. The predicted octanol–water partition coefficient (Wildman–Crippen LogP) is 2.29. The van der Waals surface area contributed by atoms with Crippen molar-refractivity contribution in [2.45, 2.75) is 38.1 Å².